The molecule has 0 bridgehead atoms. The fraction of sp³-hybridized carbons (Fsp3) is 0.692. The number of anilines is 1. The van der Waals surface area contributed by atoms with Gasteiger partial charge in [0.2, 0.25) is 0 Å². The van der Waals surface area contributed by atoms with Crippen molar-refractivity contribution in [2.75, 3.05) is 12.4 Å². The maximum atomic E-state index is 11.5. The lowest BCUT2D eigenvalue weighted by Gasteiger charge is -2.32. The van der Waals surface area contributed by atoms with E-state index in [1.807, 2.05) is 0 Å². The minimum atomic E-state index is -0.430. The number of carbonyl (C=O) groups excluding carboxylic acids is 1. The van der Waals surface area contributed by atoms with Crippen LogP contribution in [0.3, 0.4) is 0 Å². The van der Waals surface area contributed by atoms with Crippen molar-refractivity contribution in [3.05, 3.63) is 10.0 Å². The number of nitrogens with one attached hydrogen (secondary N) is 1. The third-order valence-electron chi connectivity index (χ3n) is 3.70. The third-order valence-corrected chi connectivity index (χ3v) is 5.05. The Morgan fingerprint density at radius 2 is 2.21 bits per heavy atom. The predicted molar refractivity (Wildman–Crippen MR) is 78.1 cm³/mol. The summed E-state index contributed by atoms with van der Waals surface area (Å²) in [7, 11) is 1.34. The molecular weight excluding hydrogens is 284 g/mol. The van der Waals surface area contributed by atoms with Gasteiger partial charge in [-0.05, 0) is 31.1 Å². The Hall–Kier alpha value is -0.810. The van der Waals surface area contributed by atoms with Gasteiger partial charge in [0.15, 0.2) is 15.2 Å². The van der Waals surface area contributed by atoms with Gasteiger partial charge in [-0.3, -0.25) is 0 Å². The summed E-state index contributed by atoms with van der Waals surface area (Å²) in [6.07, 6.45) is 3.58. The first-order chi connectivity index (χ1) is 9.01. The summed E-state index contributed by atoms with van der Waals surface area (Å²) in [5, 5.41) is 4.33. The highest BCUT2D eigenvalue weighted by molar-refractivity contribution is 7.18. The summed E-state index contributed by atoms with van der Waals surface area (Å²) in [6.45, 7) is 4.55. The summed E-state index contributed by atoms with van der Waals surface area (Å²) in [6, 6.07) is 0.406. The Bertz CT molecular complexity index is 463. The highest BCUT2D eigenvalue weighted by Gasteiger charge is 2.27. The molecule has 1 aliphatic carbocycles. The number of rotatable bonds is 3. The second-order valence-electron chi connectivity index (χ2n) is 5.28. The lowest BCUT2D eigenvalue weighted by Crippen LogP contribution is -2.32. The zero-order valence-electron chi connectivity index (χ0n) is 11.4. The molecule has 1 saturated carbocycles. The Kier molecular flexibility index (Phi) is 4.68. The van der Waals surface area contributed by atoms with Crippen LogP contribution in [-0.2, 0) is 4.74 Å². The molecule has 1 fully saturated rings. The second-order valence-corrected chi connectivity index (χ2v) is 6.63. The van der Waals surface area contributed by atoms with Gasteiger partial charge in [-0.2, -0.15) is 0 Å². The Labute approximate surface area is 122 Å². The van der Waals surface area contributed by atoms with Crippen molar-refractivity contribution in [1.29, 1.82) is 0 Å². The van der Waals surface area contributed by atoms with Gasteiger partial charge in [0.25, 0.3) is 0 Å². The topological polar surface area (TPSA) is 51.2 Å². The van der Waals surface area contributed by atoms with E-state index in [-0.39, 0.29) is 5.15 Å². The van der Waals surface area contributed by atoms with Crippen molar-refractivity contribution in [2.24, 2.45) is 11.8 Å². The molecule has 1 heterocycles. The lowest BCUT2D eigenvalue weighted by atomic mass is 9.80. The summed E-state index contributed by atoms with van der Waals surface area (Å²) in [5.74, 6) is 0.965. The average molecular weight is 303 g/mol. The second kappa shape index (κ2) is 6.09. The van der Waals surface area contributed by atoms with Gasteiger partial charge < -0.3 is 10.1 Å². The molecule has 0 radical (unpaired) electrons. The summed E-state index contributed by atoms with van der Waals surface area (Å²) in [5.41, 5.74) is 0. The maximum Gasteiger partial charge on any atom is 0.351 e. The summed E-state index contributed by atoms with van der Waals surface area (Å²) in [4.78, 5) is 16.0. The molecule has 0 spiro atoms. The standard InChI is InChI=1S/C13H19ClN2O2S/c1-7-4-5-9(8(2)6-7)15-13-16-11(14)10(19-13)12(17)18-3/h7-9H,4-6H2,1-3H3,(H,15,16). The number of aromatic nitrogens is 1. The molecule has 0 aliphatic heterocycles. The van der Waals surface area contributed by atoms with Crippen molar-refractivity contribution in [1.82, 2.24) is 4.98 Å². The van der Waals surface area contributed by atoms with E-state index in [4.69, 9.17) is 11.6 Å². The van der Waals surface area contributed by atoms with Gasteiger partial charge in [-0.15, -0.1) is 0 Å². The number of ether oxygens (including phenoxy) is 1. The van der Waals surface area contributed by atoms with E-state index in [9.17, 15) is 4.79 Å². The van der Waals surface area contributed by atoms with E-state index in [2.05, 4.69) is 28.9 Å². The molecule has 0 amide bonds. The molecule has 1 N–H and O–H groups in total. The first-order valence-electron chi connectivity index (χ1n) is 6.52. The van der Waals surface area contributed by atoms with Crippen molar-refractivity contribution in [3.63, 3.8) is 0 Å². The molecule has 3 unspecified atom stereocenters. The molecule has 0 aromatic carbocycles. The number of hydrogen-bond donors (Lipinski definition) is 1. The van der Waals surface area contributed by atoms with Crippen LogP contribution in [0.15, 0.2) is 0 Å². The van der Waals surface area contributed by atoms with Crippen LogP contribution >= 0.6 is 22.9 Å². The number of hydrogen-bond acceptors (Lipinski definition) is 5. The molecule has 1 aromatic rings. The van der Waals surface area contributed by atoms with Crippen LogP contribution in [-0.4, -0.2) is 24.1 Å². The van der Waals surface area contributed by atoms with Gasteiger partial charge in [0.1, 0.15) is 0 Å². The minimum absolute atomic E-state index is 0.219. The number of halogens is 1. The van der Waals surface area contributed by atoms with Gasteiger partial charge >= 0.3 is 5.97 Å². The maximum absolute atomic E-state index is 11.5. The molecule has 106 valence electrons. The van der Waals surface area contributed by atoms with Gasteiger partial charge in [0, 0.05) is 6.04 Å². The van der Waals surface area contributed by atoms with Crippen molar-refractivity contribution in [2.45, 2.75) is 39.2 Å². The molecule has 3 atom stereocenters. The number of methoxy groups -OCH3 is 1. The predicted octanol–water partition coefficient (Wildman–Crippen LogP) is 3.82. The Morgan fingerprint density at radius 1 is 1.47 bits per heavy atom. The zero-order chi connectivity index (χ0) is 14.0. The van der Waals surface area contributed by atoms with Gasteiger partial charge in [-0.1, -0.05) is 36.8 Å². The molecular formula is C13H19ClN2O2S. The average Bonchev–Trinajstić information content (AvgIpc) is 2.73. The van der Waals surface area contributed by atoms with Crippen LogP contribution in [0.1, 0.15) is 42.8 Å². The molecule has 1 aliphatic rings. The van der Waals surface area contributed by atoms with Crippen LogP contribution < -0.4 is 5.32 Å². The first kappa shape index (κ1) is 14.6. The third kappa shape index (κ3) is 3.39. The van der Waals surface area contributed by atoms with E-state index in [1.165, 1.54) is 31.3 Å². The normalized spacial score (nSPS) is 27.1. The zero-order valence-corrected chi connectivity index (χ0v) is 13.0. The highest BCUT2D eigenvalue weighted by atomic mass is 35.5. The number of esters is 1. The van der Waals surface area contributed by atoms with Crippen LogP contribution in [0.2, 0.25) is 5.15 Å². The molecule has 0 saturated heterocycles. The number of carbonyl (C=O) groups is 1. The van der Waals surface area contributed by atoms with E-state index in [0.717, 1.165) is 12.3 Å². The van der Waals surface area contributed by atoms with Crippen LogP contribution in [0.25, 0.3) is 0 Å². The van der Waals surface area contributed by atoms with Crippen LogP contribution in [0.4, 0.5) is 5.13 Å². The van der Waals surface area contributed by atoms with E-state index >= 15 is 0 Å². The van der Waals surface area contributed by atoms with Gasteiger partial charge in [0.05, 0.1) is 7.11 Å². The lowest BCUT2D eigenvalue weighted by molar-refractivity contribution is 0.0606. The number of thiazole rings is 1. The van der Waals surface area contributed by atoms with Crippen molar-refractivity contribution >= 4 is 34.0 Å². The monoisotopic (exact) mass is 302 g/mol. The summed E-state index contributed by atoms with van der Waals surface area (Å²) < 4.78 is 4.67. The fourth-order valence-electron chi connectivity index (χ4n) is 2.62. The largest absolute Gasteiger partial charge is 0.465 e. The smallest absolute Gasteiger partial charge is 0.351 e. The Balaban J connectivity index is 2.05. The van der Waals surface area contributed by atoms with E-state index in [1.54, 1.807) is 0 Å². The SMILES string of the molecule is COC(=O)c1sc(NC2CCC(C)CC2C)nc1Cl. The summed E-state index contributed by atoms with van der Waals surface area (Å²) >= 11 is 7.21. The quantitative estimate of drug-likeness (QED) is 0.862. The van der Waals surface area contributed by atoms with Crippen LogP contribution in [0, 0.1) is 11.8 Å². The van der Waals surface area contributed by atoms with Crippen molar-refractivity contribution in [3.8, 4) is 0 Å². The highest BCUT2D eigenvalue weighted by Crippen LogP contribution is 2.33. The fourth-order valence-corrected chi connectivity index (χ4v) is 3.78. The van der Waals surface area contributed by atoms with Gasteiger partial charge in [-0.25, -0.2) is 9.78 Å². The molecule has 19 heavy (non-hydrogen) atoms. The van der Waals surface area contributed by atoms with Crippen molar-refractivity contribution < 1.29 is 9.53 Å². The van der Waals surface area contributed by atoms with Crippen LogP contribution in [0.5, 0.6) is 0 Å². The first-order valence-corrected chi connectivity index (χ1v) is 7.72. The molecule has 4 nitrogen and oxygen atoms in total. The van der Waals surface area contributed by atoms with E-state index < -0.39 is 5.97 Å². The molecule has 2 rings (SSSR count). The molecule has 6 heteroatoms. The Morgan fingerprint density at radius 3 is 2.84 bits per heavy atom. The minimum Gasteiger partial charge on any atom is -0.465 e. The van der Waals surface area contributed by atoms with E-state index in [0.29, 0.717) is 22.0 Å². The molecule has 1 aromatic heterocycles. The number of nitrogens with zero attached hydrogens (tertiary/aromatic N) is 1.